The highest BCUT2D eigenvalue weighted by atomic mass is 16.1. The third-order valence-corrected chi connectivity index (χ3v) is 2.85. The topological polar surface area (TPSA) is 30.0 Å². The van der Waals surface area contributed by atoms with Gasteiger partial charge in [-0.1, -0.05) is 37.3 Å². The zero-order valence-electron chi connectivity index (χ0n) is 9.89. The van der Waals surface area contributed by atoms with Gasteiger partial charge < -0.3 is 0 Å². The van der Waals surface area contributed by atoms with Crippen molar-refractivity contribution < 1.29 is 4.79 Å². The molecule has 0 aliphatic carbocycles. The average molecular weight is 225 g/mol. The van der Waals surface area contributed by atoms with Crippen LogP contribution in [-0.2, 0) is 12.8 Å². The Kier molecular flexibility index (Phi) is 3.66. The number of rotatable bonds is 4. The molecule has 0 N–H and O–H groups in total. The van der Waals surface area contributed by atoms with Crippen molar-refractivity contribution in [3.8, 4) is 0 Å². The smallest absolute Gasteiger partial charge is 0.150 e. The van der Waals surface area contributed by atoms with Gasteiger partial charge in [-0.2, -0.15) is 0 Å². The Morgan fingerprint density at radius 3 is 2.65 bits per heavy atom. The van der Waals surface area contributed by atoms with Crippen LogP contribution >= 0.6 is 0 Å². The van der Waals surface area contributed by atoms with E-state index in [4.69, 9.17) is 0 Å². The minimum Gasteiger partial charge on any atom is -0.298 e. The number of pyridine rings is 1. The summed E-state index contributed by atoms with van der Waals surface area (Å²) in [7, 11) is 0. The van der Waals surface area contributed by atoms with Gasteiger partial charge in [-0.15, -0.1) is 0 Å². The zero-order chi connectivity index (χ0) is 12.1. The minimum absolute atomic E-state index is 0.707. The Morgan fingerprint density at radius 1 is 1.18 bits per heavy atom. The number of hydrogen-bond donors (Lipinski definition) is 0. The second-order valence-electron chi connectivity index (χ2n) is 4.00. The molecule has 1 heterocycles. The van der Waals surface area contributed by atoms with E-state index in [1.807, 2.05) is 36.5 Å². The van der Waals surface area contributed by atoms with E-state index < -0.39 is 0 Å². The highest BCUT2D eigenvalue weighted by Gasteiger charge is 2.02. The van der Waals surface area contributed by atoms with E-state index >= 15 is 0 Å². The van der Waals surface area contributed by atoms with Crippen LogP contribution in [0.4, 0.5) is 0 Å². The summed E-state index contributed by atoms with van der Waals surface area (Å²) in [6.45, 7) is 2.11. The van der Waals surface area contributed by atoms with Crippen LogP contribution < -0.4 is 0 Å². The first kappa shape index (κ1) is 11.5. The lowest BCUT2D eigenvalue weighted by Crippen LogP contribution is -1.97. The Morgan fingerprint density at radius 2 is 2.00 bits per heavy atom. The molecule has 1 aromatic heterocycles. The van der Waals surface area contributed by atoms with Crippen LogP contribution in [-0.4, -0.2) is 11.3 Å². The molecular formula is C15H15NO. The lowest BCUT2D eigenvalue weighted by Gasteiger charge is -2.04. The predicted octanol–water partition coefficient (Wildman–Crippen LogP) is 3.05. The van der Waals surface area contributed by atoms with Gasteiger partial charge in [0, 0.05) is 23.9 Å². The molecule has 0 aliphatic heterocycles. The molecule has 2 heteroatoms. The maximum atomic E-state index is 10.9. The Bertz CT molecular complexity index is 503. The molecule has 86 valence electrons. The summed E-state index contributed by atoms with van der Waals surface area (Å²) in [4.78, 5) is 15.3. The number of benzene rings is 1. The summed E-state index contributed by atoms with van der Waals surface area (Å²) < 4.78 is 0. The fourth-order valence-corrected chi connectivity index (χ4v) is 1.77. The normalized spacial score (nSPS) is 10.2. The van der Waals surface area contributed by atoms with Crippen LogP contribution in [0.1, 0.15) is 34.1 Å². The van der Waals surface area contributed by atoms with Crippen molar-refractivity contribution in [2.45, 2.75) is 19.8 Å². The molecule has 0 radical (unpaired) electrons. The van der Waals surface area contributed by atoms with Crippen LogP contribution in [0.2, 0.25) is 0 Å². The molecule has 0 unspecified atom stereocenters. The average Bonchev–Trinajstić information content (AvgIpc) is 2.40. The highest BCUT2D eigenvalue weighted by molar-refractivity contribution is 5.77. The number of carbonyl (C=O) groups excluding carboxylic acids is 1. The van der Waals surface area contributed by atoms with Gasteiger partial charge in [-0.05, 0) is 23.6 Å². The quantitative estimate of drug-likeness (QED) is 0.748. The summed E-state index contributed by atoms with van der Waals surface area (Å²) >= 11 is 0. The molecule has 0 atom stereocenters. The second-order valence-corrected chi connectivity index (χ2v) is 4.00. The Labute approximate surface area is 101 Å². The van der Waals surface area contributed by atoms with E-state index in [2.05, 4.69) is 18.0 Å². The van der Waals surface area contributed by atoms with Gasteiger partial charge in [-0.25, -0.2) is 0 Å². The molecule has 0 fully saturated rings. The molecule has 0 bridgehead atoms. The molecule has 1 aromatic carbocycles. The SMILES string of the molecule is CCc1ccc(Cc2ccccc2C=O)nc1. The van der Waals surface area contributed by atoms with Gasteiger partial charge in [0.1, 0.15) is 6.29 Å². The maximum Gasteiger partial charge on any atom is 0.150 e. The van der Waals surface area contributed by atoms with Crippen molar-refractivity contribution >= 4 is 6.29 Å². The van der Waals surface area contributed by atoms with Crippen molar-refractivity contribution in [1.29, 1.82) is 0 Å². The molecule has 17 heavy (non-hydrogen) atoms. The fourth-order valence-electron chi connectivity index (χ4n) is 1.77. The number of aldehydes is 1. The van der Waals surface area contributed by atoms with Gasteiger partial charge in [0.2, 0.25) is 0 Å². The number of aryl methyl sites for hydroxylation is 1. The maximum absolute atomic E-state index is 10.9. The first-order valence-corrected chi connectivity index (χ1v) is 5.80. The molecule has 2 rings (SSSR count). The first-order valence-electron chi connectivity index (χ1n) is 5.80. The Hall–Kier alpha value is -1.96. The second kappa shape index (κ2) is 5.39. The Balaban J connectivity index is 2.22. The van der Waals surface area contributed by atoms with E-state index in [0.717, 1.165) is 29.5 Å². The molecule has 0 aliphatic rings. The summed E-state index contributed by atoms with van der Waals surface area (Å²) in [6, 6.07) is 11.7. The molecule has 2 aromatic rings. The lowest BCUT2D eigenvalue weighted by molar-refractivity contribution is 0.112. The van der Waals surface area contributed by atoms with Crippen LogP contribution in [0.25, 0.3) is 0 Å². The molecule has 0 saturated heterocycles. The fraction of sp³-hybridized carbons (Fsp3) is 0.200. The first-order chi connectivity index (χ1) is 8.33. The largest absolute Gasteiger partial charge is 0.298 e. The molecule has 0 amide bonds. The summed E-state index contributed by atoms with van der Waals surface area (Å²) in [5, 5.41) is 0. The highest BCUT2D eigenvalue weighted by Crippen LogP contribution is 2.12. The monoisotopic (exact) mass is 225 g/mol. The van der Waals surface area contributed by atoms with Crippen LogP contribution in [0.15, 0.2) is 42.6 Å². The van der Waals surface area contributed by atoms with Crippen LogP contribution in [0.5, 0.6) is 0 Å². The van der Waals surface area contributed by atoms with Crippen molar-refractivity contribution in [2.75, 3.05) is 0 Å². The van der Waals surface area contributed by atoms with Gasteiger partial charge in [-0.3, -0.25) is 9.78 Å². The summed E-state index contributed by atoms with van der Waals surface area (Å²) in [5.41, 5.74) is 4.00. The van der Waals surface area contributed by atoms with Crippen LogP contribution in [0, 0.1) is 0 Å². The molecule has 0 saturated carbocycles. The van der Waals surface area contributed by atoms with E-state index in [0.29, 0.717) is 6.42 Å². The molecule has 0 spiro atoms. The third kappa shape index (κ3) is 2.78. The van der Waals surface area contributed by atoms with E-state index in [-0.39, 0.29) is 0 Å². The van der Waals surface area contributed by atoms with Gasteiger partial charge in [0.25, 0.3) is 0 Å². The minimum atomic E-state index is 0.707. The number of hydrogen-bond acceptors (Lipinski definition) is 2. The number of carbonyl (C=O) groups is 1. The summed E-state index contributed by atoms with van der Waals surface area (Å²) in [5.74, 6) is 0. The van der Waals surface area contributed by atoms with Crippen molar-refractivity contribution in [3.05, 3.63) is 65.0 Å². The molecular weight excluding hydrogens is 210 g/mol. The van der Waals surface area contributed by atoms with Crippen molar-refractivity contribution in [3.63, 3.8) is 0 Å². The number of nitrogens with zero attached hydrogens (tertiary/aromatic N) is 1. The van der Waals surface area contributed by atoms with Crippen molar-refractivity contribution in [2.24, 2.45) is 0 Å². The zero-order valence-corrected chi connectivity index (χ0v) is 9.89. The number of aromatic nitrogens is 1. The summed E-state index contributed by atoms with van der Waals surface area (Å²) in [6.07, 6.45) is 4.51. The van der Waals surface area contributed by atoms with Crippen molar-refractivity contribution in [1.82, 2.24) is 4.98 Å². The van der Waals surface area contributed by atoms with Gasteiger partial charge >= 0.3 is 0 Å². The van der Waals surface area contributed by atoms with Crippen LogP contribution in [0.3, 0.4) is 0 Å². The predicted molar refractivity (Wildman–Crippen MR) is 68.3 cm³/mol. The lowest BCUT2D eigenvalue weighted by atomic mass is 10.0. The molecule has 2 nitrogen and oxygen atoms in total. The van der Waals surface area contributed by atoms with E-state index in [1.54, 1.807) is 0 Å². The third-order valence-electron chi connectivity index (χ3n) is 2.85. The van der Waals surface area contributed by atoms with E-state index in [9.17, 15) is 4.79 Å². The van der Waals surface area contributed by atoms with E-state index in [1.165, 1.54) is 5.56 Å². The standard InChI is InChI=1S/C15H15NO/c1-2-12-7-8-15(16-10-12)9-13-5-3-4-6-14(13)11-17/h3-8,10-11H,2,9H2,1H3. The van der Waals surface area contributed by atoms with Gasteiger partial charge in [0.15, 0.2) is 0 Å². The van der Waals surface area contributed by atoms with Gasteiger partial charge in [0.05, 0.1) is 0 Å².